The van der Waals surface area contributed by atoms with E-state index in [1.165, 1.54) is 0 Å². The van der Waals surface area contributed by atoms with E-state index >= 15 is 0 Å². The van der Waals surface area contributed by atoms with Crippen LogP contribution < -0.4 is 5.73 Å². The van der Waals surface area contributed by atoms with Crippen molar-refractivity contribution in [2.45, 2.75) is 17.3 Å². The monoisotopic (exact) mass is 275 g/mol. The summed E-state index contributed by atoms with van der Waals surface area (Å²) in [6.45, 7) is 0. The van der Waals surface area contributed by atoms with Gasteiger partial charge in [-0.2, -0.15) is 0 Å². The van der Waals surface area contributed by atoms with Gasteiger partial charge in [0.2, 0.25) is 0 Å². The summed E-state index contributed by atoms with van der Waals surface area (Å²) < 4.78 is 0. The SMILES string of the molecule is N[C@@H](Cc1cccc(C(=O)C(Cl)Cl)c1)C(=O)O. The van der Waals surface area contributed by atoms with Gasteiger partial charge in [-0.05, 0) is 18.1 Å². The van der Waals surface area contributed by atoms with E-state index in [0.29, 0.717) is 11.1 Å². The first-order valence-electron chi connectivity index (χ1n) is 4.81. The Kier molecular flexibility index (Phi) is 4.93. The van der Waals surface area contributed by atoms with Crippen molar-refractivity contribution in [1.29, 1.82) is 0 Å². The summed E-state index contributed by atoms with van der Waals surface area (Å²) in [4.78, 5) is 21.0. The van der Waals surface area contributed by atoms with Crippen LogP contribution >= 0.6 is 23.2 Å². The molecule has 6 heteroatoms. The Bertz CT molecular complexity index is 434. The smallest absolute Gasteiger partial charge is 0.320 e. The molecule has 0 amide bonds. The number of carboxylic acids is 1. The van der Waals surface area contributed by atoms with Crippen molar-refractivity contribution in [1.82, 2.24) is 0 Å². The van der Waals surface area contributed by atoms with Crippen LogP contribution in [0.4, 0.5) is 0 Å². The Morgan fingerprint density at radius 3 is 2.53 bits per heavy atom. The Morgan fingerprint density at radius 1 is 1.35 bits per heavy atom. The van der Waals surface area contributed by atoms with Crippen LogP contribution in [0.1, 0.15) is 15.9 Å². The number of nitrogens with two attached hydrogens (primary N) is 1. The van der Waals surface area contributed by atoms with Gasteiger partial charge in [0.15, 0.2) is 10.6 Å². The van der Waals surface area contributed by atoms with Gasteiger partial charge in [-0.15, -0.1) is 0 Å². The van der Waals surface area contributed by atoms with Crippen LogP contribution in [-0.2, 0) is 11.2 Å². The molecule has 0 aliphatic rings. The van der Waals surface area contributed by atoms with Gasteiger partial charge in [-0.3, -0.25) is 9.59 Å². The summed E-state index contributed by atoms with van der Waals surface area (Å²) in [5, 5.41) is 8.68. The molecule has 0 bridgehead atoms. The third-order valence-corrected chi connectivity index (χ3v) is 2.58. The van der Waals surface area contributed by atoms with Gasteiger partial charge in [0.1, 0.15) is 6.04 Å². The number of Topliss-reactive ketones (excluding diaryl/α,β-unsaturated/α-hetero) is 1. The highest BCUT2D eigenvalue weighted by Gasteiger charge is 2.16. The molecule has 17 heavy (non-hydrogen) atoms. The lowest BCUT2D eigenvalue weighted by atomic mass is 10.0. The summed E-state index contributed by atoms with van der Waals surface area (Å²) in [7, 11) is 0. The van der Waals surface area contributed by atoms with E-state index in [1.54, 1.807) is 24.3 Å². The van der Waals surface area contributed by atoms with Crippen molar-refractivity contribution in [3.63, 3.8) is 0 Å². The zero-order valence-electron chi connectivity index (χ0n) is 8.77. The molecule has 0 spiro atoms. The molecule has 0 aliphatic heterocycles. The first-order chi connectivity index (χ1) is 7.91. The number of halogens is 2. The molecule has 1 atom stereocenters. The predicted octanol–water partition coefficient (Wildman–Crippen LogP) is 1.63. The van der Waals surface area contributed by atoms with Crippen molar-refractivity contribution in [2.75, 3.05) is 0 Å². The predicted molar refractivity (Wildman–Crippen MR) is 65.6 cm³/mol. The van der Waals surface area contributed by atoms with E-state index < -0.39 is 22.6 Å². The molecule has 0 aromatic heterocycles. The highest BCUT2D eigenvalue weighted by atomic mass is 35.5. The summed E-state index contributed by atoms with van der Waals surface area (Å²) >= 11 is 10.9. The van der Waals surface area contributed by atoms with Gasteiger partial charge in [0.25, 0.3) is 0 Å². The zero-order valence-corrected chi connectivity index (χ0v) is 10.3. The number of ketones is 1. The van der Waals surface area contributed by atoms with Crippen LogP contribution in [0.15, 0.2) is 24.3 Å². The third kappa shape index (κ3) is 4.00. The fourth-order valence-electron chi connectivity index (χ4n) is 1.32. The number of rotatable bonds is 5. The Labute approximate surface area is 108 Å². The van der Waals surface area contributed by atoms with Crippen molar-refractivity contribution in [2.24, 2.45) is 5.73 Å². The summed E-state index contributed by atoms with van der Waals surface area (Å²) in [5.74, 6) is -1.51. The molecule has 0 aliphatic carbocycles. The average molecular weight is 276 g/mol. The second-order valence-electron chi connectivity index (χ2n) is 3.51. The topological polar surface area (TPSA) is 80.4 Å². The van der Waals surface area contributed by atoms with Gasteiger partial charge in [0.05, 0.1) is 0 Å². The number of hydrogen-bond donors (Lipinski definition) is 2. The fraction of sp³-hybridized carbons (Fsp3) is 0.273. The molecule has 0 saturated heterocycles. The number of alkyl halides is 2. The molecule has 1 aromatic rings. The first-order valence-corrected chi connectivity index (χ1v) is 5.69. The molecule has 92 valence electrons. The fourth-order valence-corrected chi connectivity index (χ4v) is 1.57. The number of aliphatic carboxylic acids is 1. The van der Waals surface area contributed by atoms with Crippen LogP contribution in [0.5, 0.6) is 0 Å². The lowest BCUT2D eigenvalue weighted by Gasteiger charge is -2.08. The number of carbonyl (C=O) groups is 2. The van der Waals surface area contributed by atoms with E-state index in [2.05, 4.69) is 0 Å². The third-order valence-electron chi connectivity index (χ3n) is 2.18. The maximum absolute atomic E-state index is 11.5. The summed E-state index contributed by atoms with van der Waals surface area (Å²) in [5.41, 5.74) is 6.39. The van der Waals surface area contributed by atoms with Crippen LogP contribution in [0, 0.1) is 0 Å². The molecular formula is C11H11Cl2NO3. The van der Waals surface area contributed by atoms with Crippen molar-refractivity contribution in [3.05, 3.63) is 35.4 Å². The molecule has 0 radical (unpaired) electrons. The highest BCUT2D eigenvalue weighted by molar-refractivity contribution is 6.55. The number of hydrogen-bond acceptors (Lipinski definition) is 3. The minimum absolute atomic E-state index is 0.145. The van der Waals surface area contributed by atoms with E-state index in [9.17, 15) is 9.59 Å². The van der Waals surface area contributed by atoms with Gasteiger partial charge in [0, 0.05) is 5.56 Å². The standard InChI is InChI=1S/C11H11Cl2NO3/c12-10(13)9(15)7-3-1-2-6(4-7)5-8(14)11(16)17/h1-4,8,10H,5,14H2,(H,16,17)/t8-/m0/s1. The minimum atomic E-state index is -1.13. The lowest BCUT2D eigenvalue weighted by Crippen LogP contribution is -2.32. The maximum atomic E-state index is 11.5. The second kappa shape index (κ2) is 6.00. The van der Waals surface area contributed by atoms with E-state index in [-0.39, 0.29) is 6.42 Å². The molecule has 0 heterocycles. The second-order valence-corrected chi connectivity index (χ2v) is 4.61. The quantitative estimate of drug-likeness (QED) is 0.632. The average Bonchev–Trinajstić information content (AvgIpc) is 2.28. The maximum Gasteiger partial charge on any atom is 0.320 e. The molecule has 1 rings (SSSR count). The van der Waals surface area contributed by atoms with Crippen LogP contribution in [-0.4, -0.2) is 27.7 Å². The molecule has 0 saturated carbocycles. The minimum Gasteiger partial charge on any atom is -0.480 e. The van der Waals surface area contributed by atoms with Crippen molar-refractivity contribution in [3.8, 4) is 0 Å². The van der Waals surface area contributed by atoms with Crippen molar-refractivity contribution >= 4 is 35.0 Å². The number of carbonyl (C=O) groups excluding carboxylic acids is 1. The number of carboxylic acid groups (broad SMARTS) is 1. The van der Waals surface area contributed by atoms with Crippen molar-refractivity contribution < 1.29 is 14.7 Å². The molecule has 4 nitrogen and oxygen atoms in total. The normalized spacial score (nSPS) is 12.5. The van der Waals surface area contributed by atoms with Crippen LogP contribution in [0.3, 0.4) is 0 Å². The van der Waals surface area contributed by atoms with Crippen LogP contribution in [0.25, 0.3) is 0 Å². The molecule has 1 aromatic carbocycles. The first kappa shape index (κ1) is 14.0. The molecular weight excluding hydrogens is 265 g/mol. The lowest BCUT2D eigenvalue weighted by molar-refractivity contribution is -0.138. The Morgan fingerprint density at radius 2 is 2.00 bits per heavy atom. The van der Waals surface area contributed by atoms with E-state index in [0.717, 1.165) is 0 Å². The molecule has 0 unspecified atom stereocenters. The Hall–Kier alpha value is -1.10. The van der Waals surface area contributed by atoms with Gasteiger partial charge in [-0.1, -0.05) is 41.4 Å². The largest absolute Gasteiger partial charge is 0.480 e. The molecule has 0 fully saturated rings. The van der Waals surface area contributed by atoms with Gasteiger partial charge >= 0.3 is 5.97 Å². The molecule has 3 N–H and O–H groups in total. The summed E-state index contributed by atoms with van der Waals surface area (Å²) in [6.07, 6.45) is 0.145. The summed E-state index contributed by atoms with van der Waals surface area (Å²) in [6, 6.07) is 5.44. The Balaban J connectivity index is 2.86. The van der Waals surface area contributed by atoms with E-state index in [4.69, 9.17) is 34.0 Å². The highest BCUT2D eigenvalue weighted by Crippen LogP contribution is 2.14. The van der Waals surface area contributed by atoms with Crippen LogP contribution in [0.2, 0.25) is 0 Å². The number of benzene rings is 1. The zero-order chi connectivity index (χ0) is 13.0. The van der Waals surface area contributed by atoms with Gasteiger partial charge < -0.3 is 10.8 Å². The van der Waals surface area contributed by atoms with E-state index in [1.807, 2.05) is 0 Å². The van der Waals surface area contributed by atoms with Gasteiger partial charge in [-0.25, -0.2) is 0 Å².